The number of benzene rings is 1. The van der Waals surface area contributed by atoms with Crippen LogP contribution >= 0.6 is 0 Å². The summed E-state index contributed by atoms with van der Waals surface area (Å²) >= 11 is 0. The lowest BCUT2D eigenvalue weighted by Gasteiger charge is -2.16. The minimum absolute atomic E-state index is 0.0444. The van der Waals surface area contributed by atoms with Crippen LogP contribution in [0.2, 0.25) is 0 Å². The van der Waals surface area contributed by atoms with Crippen LogP contribution in [0.3, 0.4) is 0 Å². The van der Waals surface area contributed by atoms with Gasteiger partial charge in [0, 0.05) is 13.1 Å². The molecule has 0 heterocycles. The summed E-state index contributed by atoms with van der Waals surface area (Å²) in [5.41, 5.74) is -0.349. The molecule has 8 heteroatoms. The molecular weight excluding hydrogens is 301 g/mol. The van der Waals surface area contributed by atoms with Crippen LogP contribution in [-0.2, 0) is 14.6 Å². The maximum atomic E-state index is 13.7. The predicted octanol–water partition coefficient (Wildman–Crippen LogP) is 0.918. The number of carboxylic acid groups (broad SMARTS) is 1. The molecule has 1 aromatic rings. The summed E-state index contributed by atoms with van der Waals surface area (Å²) in [5, 5.41) is 8.82. The van der Waals surface area contributed by atoms with Crippen LogP contribution in [0.15, 0.2) is 23.1 Å². The van der Waals surface area contributed by atoms with Gasteiger partial charge in [-0.3, -0.25) is 4.79 Å². The predicted molar refractivity (Wildman–Crippen MR) is 71.2 cm³/mol. The first-order valence-corrected chi connectivity index (χ1v) is 7.89. The maximum absolute atomic E-state index is 13.7. The topological polar surface area (TPSA) is 91.8 Å². The molecule has 0 radical (unpaired) electrons. The Balaban J connectivity index is 2.28. The van der Waals surface area contributed by atoms with Gasteiger partial charge in [-0.05, 0) is 31.0 Å². The van der Waals surface area contributed by atoms with Crippen LogP contribution in [0.5, 0.6) is 0 Å². The number of carbonyl (C=O) groups is 2. The Morgan fingerprint density at radius 3 is 2.52 bits per heavy atom. The number of carbonyl (C=O) groups excluding carboxylic acids is 1. The lowest BCUT2D eigenvalue weighted by Crippen LogP contribution is -2.34. The average Bonchev–Trinajstić information content (AvgIpc) is 3.21. The van der Waals surface area contributed by atoms with Gasteiger partial charge in [0.25, 0.3) is 0 Å². The zero-order valence-corrected chi connectivity index (χ0v) is 12.1. The number of hydrogen-bond donors (Lipinski definition) is 1. The van der Waals surface area contributed by atoms with Crippen molar-refractivity contribution in [2.75, 3.05) is 12.8 Å². The van der Waals surface area contributed by atoms with Crippen LogP contribution in [0, 0.1) is 5.82 Å². The molecule has 0 unspecified atom stereocenters. The number of sulfone groups is 1. The molecule has 1 aliphatic rings. The molecule has 1 aliphatic carbocycles. The number of nitrogens with zero attached hydrogens (tertiary/aromatic N) is 1. The number of halogens is 1. The number of rotatable bonds is 5. The van der Waals surface area contributed by atoms with Gasteiger partial charge in [-0.2, -0.15) is 0 Å². The second-order valence-electron chi connectivity index (χ2n) is 4.95. The fraction of sp³-hybridized carbons (Fsp3) is 0.385. The molecule has 0 aliphatic heterocycles. The molecule has 2 rings (SSSR count). The van der Waals surface area contributed by atoms with Crippen molar-refractivity contribution in [3.8, 4) is 0 Å². The molecule has 1 aromatic carbocycles. The normalized spacial score (nSPS) is 14.8. The summed E-state index contributed by atoms with van der Waals surface area (Å²) in [5.74, 6) is -3.94. The minimum atomic E-state index is -4.23. The third kappa shape index (κ3) is 3.38. The first-order valence-electron chi connectivity index (χ1n) is 6.23. The van der Waals surface area contributed by atoms with Crippen molar-refractivity contribution >= 4 is 21.7 Å². The van der Waals surface area contributed by atoms with Gasteiger partial charge in [-0.1, -0.05) is 0 Å². The first-order chi connectivity index (χ1) is 9.72. The molecule has 0 atom stereocenters. The molecule has 114 valence electrons. The molecule has 0 aromatic heterocycles. The van der Waals surface area contributed by atoms with Gasteiger partial charge in [-0.25, -0.2) is 17.6 Å². The molecule has 0 spiro atoms. The van der Waals surface area contributed by atoms with E-state index >= 15 is 0 Å². The summed E-state index contributed by atoms with van der Waals surface area (Å²) in [6.07, 6.45) is 1.65. The third-order valence-electron chi connectivity index (χ3n) is 3.31. The smallest absolute Gasteiger partial charge is 0.335 e. The van der Waals surface area contributed by atoms with Crippen molar-refractivity contribution in [2.45, 2.75) is 23.8 Å². The summed E-state index contributed by atoms with van der Waals surface area (Å²) in [6, 6.07) is 2.51. The Bertz CT molecular complexity index is 697. The Morgan fingerprint density at radius 1 is 1.38 bits per heavy atom. The molecule has 0 saturated heterocycles. The molecule has 1 fully saturated rings. The van der Waals surface area contributed by atoms with Gasteiger partial charge in [0.05, 0.1) is 5.56 Å². The standard InChI is InChI=1S/C13H14FNO5S/c1-15(9-3-4-9)12(16)7-21(19,20)11-6-8(13(17)18)2-5-10(11)14/h2,5-6,9H,3-4,7H2,1H3,(H,17,18). The quantitative estimate of drug-likeness (QED) is 0.872. The number of aromatic carboxylic acids is 1. The van der Waals surface area contributed by atoms with Gasteiger partial charge in [0.1, 0.15) is 16.5 Å². The van der Waals surface area contributed by atoms with Crippen LogP contribution in [0.4, 0.5) is 4.39 Å². The van der Waals surface area contributed by atoms with Gasteiger partial charge >= 0.3 is 5.97 Å². The molecule has 1 amide bonds. The summed E-state index contributed by atoms with van der Waals surface area (Å²) in [7, 11) is -2.73. The summed E-state index contributed by atoms with van der Waals surface area (Å²) < 4.78 is 37.9. The van der Waals surface area contributed by atoms with Crippen LogP contribution < -0.4 is 0 Å². The van der Waals surface area contributed by atoms with E-state index in [1.807, 2.05) is 0 Å². The largest absolute Gasteiger partial charge is 0.478 e. The first kappa shape index (κ1) is 15.4. The summed E-state index contributed by atoms with van der Waals surface area (Å²) in [4.78, 5) is 23.2. The van der Waals surface area contributed by atoms with E-state index < -0.39 is 38.2 Å². The Morgan fingerprint density at radius 2 is 2.00 bits per heavy atom. The van der Waals surface area contributed by atoms with Gasteiger partial charge in [0.2, 0.25) is 5.91 Å². The van der Waals surface area contributed by atoms with Crippen molar-refractivity contribution in [3.63, 3.8) is 0 Å². The van der Waals surface area contributed by atoms with Crippen molar-refractivity contribution in [2.24, 2.45) is 0 Å². The lowest BCUT2D eigenvalue weighted by molar-refractivity contribution is -0.127. The van der Waals surface area contributed by atoms with Gasteiger partial charge in [0.15, 0.2) is 9.84 Å². The Kier molecular flexibility index (Phi) is 3.99. The van der Waals surface area contributed by atoms with E-state index in [0.717, 1.165) is 31.0 Å². The van der Waals surface area contributed by atoms with Crippen molar-refractivity contribution < 1.29 is 27.5 Å². The van der Waals surface area contributed by atoms with E-state index in [4.69, 9.17) is 5.11 Å². The fourth-order valence-corrected chi connectivity index (χ4v) is 3.24. The van der Waals surface area contributed by atoms with E-state index in [1.165, 1.54) is 11.9 Å². The SMILES string of the molecule is CN(C(=O)CS(=O)(=O)c1cc(C(=O)O)ccc1F)C1CC1. The van der Waals surface area contributed by atoms with Crippen LogP contribution in [0.1, 0.15) is 23.2 Å². The lowest BCUT2D eigenvalue weighted by atomic mass is 10.2. The second kappa shape index (κ2) is 5.44. The zero-order chi connectivity index (χ0) is 15.8. The van der Waals surface area contributed by atoms with Crippen LogP contribution in [0.25, 0.3) is 0 Å². The highest BCUT2D eigenvalue weighted by atomic mass is 32.2. The molecule has 1 saturated carbocycles. The van der Waals surface area contributed by atoms with Crippen molar-refractivity contribution in [1.29, 1.82) is 0 Å². The third-order valence-corrected chi connectivity index (χ3v) is 4.92. The van der Waals surface area contributed by atoms with Crippen molar-refractivity contribution in [1.82, 2.24) is 4.90 Å². The van der Waals surface area contributed by atoms with E-state index in [0.29, 0.717) is 0 Å². The monoisotopic (exact) mass is 315 g/mol. The second-order valence-corrected chi connectivity index (χ2v) is 6.90. The van der Waals surface area contributed by atoms with E-state index in [-0.39, 0.29) is 11.6 Å². The molecule has 21 heavy (non-hydrogen) atoms. The highest BCUT2D eigenvalue weighted by molar-refractivity contribution is 7.92. The van der Waals surface area contributed by atoms with Gasteiger partial charge < -0.3 is 10.0 Å². The molecule has 6 nitrogen and oxygen atoms in total. The maximum Gasteiger partial charge on any atom is 0.335 e. The fourth-order valence-electron chi connectivity index (χ4n) is 1.88. The van der Waals surface area contributed by atoms with Crippen LogP contribution in [-0.4, -0.2) is 49.1 Å². The average molecular weight is 315 g/mol. The molecule has 0 bridgehead atoms. The minimum Gasteiger partial charge on any atom is -0.478 e. The Hall–Kier alpha value is -1.96. The molecular formula is C13H14FNO5S. The van der Waals surface area contributed by atoms with Gasteiger partial charge in [-0.15, -0.1) is 0 Å². The highest BCUT2D eigenvalue weighted by Crippen LogP contribution is 2.26. The Labute approximate surface area is 121 Å². The molecule has 1 N–H and O–H groups in total. The van der Waals surface area contributed by atoms with E-state index in [9.17, 15) is 22.4 Å². The summed E-state index contributed by atoms with van der Waals surface area (Å²) in [6.45, 7) is 0. The number of hydrogen-bond acceptors (Lipinski definition) is 4. The number of amides is 1. The highest BCUT2D eigenvalue weighted by Gasteiger charge is 2.33. The van der Waals surface area contributed by atoms with Crippen molar-refractivity contribution in [3.05, 3.63) is 29.6 Å². The van der Waals surface area contributed by atoms with E-state index in [1.54, 1.807) is 0 Å². The van der Waals surface area contributed by atoms with E-state index in [2.05, 4.69) is 0 Å². The number of carboxylic acids is 1. The zero-order valence-electron chi connectivity index (χ0n) is 11.2.